The van der Waals surface area contributed by atoms with Gasteiger partial charge in [0.2, 0.25) is 0 Å². The molecule has 2 aliphatic rings. The van der Waals surface area contributed by atoms with E-state index in [1.807, 2.05) is 0 Å². The lowest BCUT2D eigenvalue weighted by Crippen LogP contribution is -2.57. The third-order valence-electron chi connectivity index (χ3n) is 5.70. The maximum atomic E-state index is 12.4. The Morgan fingerprint density at radius 2 is 1.96 bits per heavy atom. The summed E-state index contributed by atoms with van der Waals surface area (Å²) in [5, 5.41) is 3.73. The van der Waals surface area contributed by atoms with Gasteiger partial charge in [-0.2, -0.15) is 0 Å². The van der Waals surface area contributed by atoms with Crippen molar-refractivity contribution >= 4 is 17.5 Å². The fraction of sp³-hybridized carbons (Fsp3) is 0.632. The van der Waals surface area contributed by atoms with Crippen LogP contribution < -0.4 is 5.32 Å². The van der Waals surface area contributed by atoms with Crippen LogP contribution in [-0.2, 0) is 9.47 Å². The number of methoxy groups -OCH3 is 2. The zero-order chi connectivity index (χ0) is 17.9. The molecule has 0 aromatic heterocycles. The summed E-state index contributed by atoms with van der Waals surface area (Å²) in [4.78, 5) is 14.9. The van der Waals surface area contributed by atoms with E-state index in [-0.39, 0.29) is 5.91 Å². The van der Waals surface area contributed by atoms with Gasteiger partial charge in [0.05, 0.1) is 0 Å². The largest absolute Gasteiger partial charge is 0.353 e. The predicted octanol–water partition coefficient (Wildman–Crippen LogP) is 2.93. The molecule has 138 valence electrons. The van der Waals surface area contributed by atoms with Crippen LogP contribution in [-0.4, -0.2) is 56.5 Å². The van der Waals surface area contributed by atoms with E-state index < -0.39 is 5.79 Å². The van der Waals surface area contributed by atoms with Crippen molar-refractivity contribution in [1.29, 1.82) is 0 Å². The monoisotopic (exact) mass is 366 g/mol. The summed E-state index contributed by atoms with van der Waals surface area (Å²) in [5.41, 5.74) is 0.642. The summed E-state index contributed by atoms with van der Waals surface area (Å²) in [6.07, 6.45) is 3.92. The van der Waals surface area contributed by atoms with Gasteiger partial charge in [0.1, 0.15) is 0 Å². The van der Waals surface area contributed by atoms with Gasteiger partial charge in [-0.15, -0.1) is 0 Å². The molecule has 0 bridgehead atoms. The standard InChI is InChI=1S/C19H27ClN2O3/c1-24-19(25-2)9-8-15(17(12-19)22-10-3-11-22)13-21-18(23)14-4-6-16(20)7-5-14/h4-7,15,17H,3,8-13H2,1-2H3,(H,21,23). The lowest BCUT2D eigenvalue weighted by molar-refractivity contribution is -0.240. The van der Waals surface area contributed by atoms with E-state index in [0.717, 1.165) is 32.4 Å². The van der Waals surface area contributed by atoms with Gasteiger partial charge in [-0.05, 0) is 56.1 Å². The molecule has 1 aliphatic heterocycles. The number of benzene rings is 1. The molecule has 1 amide bonds. The van der Waals surface area contributed by atoms with Crippen LogP contribution in [0.1, 0.15) is 36.0 Å². The van der Waals surface area contributed by atoms with Crippen LogP contribution in [0.3, 0.4) is 0 Å². The Morgan fingerprint density at radius 3 is 2.52 bits per heavy atom. The number of nitrogens with one attached hydrogen (secondary N) is 1. The lowest BCUT2D eigenvalue weighted by atomic mass is 9.78. The van der Waals surface area contributed by atoms with Gasteiger partial charge in [0.15, 0.2) is 5.79 Å². The van der Waals surface area contributed by atoms with E-state index in [2.05, 4.69) is 10.2 Å². The van der Waals surface area contributed by atoms with Crippen molar-refractivity contribution in [2.45, 2.75) is 37.5 Å². The number of ether oxygens (including phenoxy) is 2. The van der Waals surface area contributed by atoms with Crippen LogP contribution in [0.2, 0.25) is 5.02 Å². The van der Waals surface area contributed by atoms with Gasteiger partial charge in [-0.3, -0.25) is 9.69 Å². The van der Waals surface area contributed by atoms with E-state index >= 15 is 0 Å². The Labute approximate surface area is 154 Å². The highest BCUT2D eigenvalue weighted by Crippen LogP contribution is 2.39. The number of carbonyl (C=O) groups is 1. The summed E-state index contributed by atoms with van der Waals surface area (Å²) in [6.45, 7) is 2.91. The molecule has 1 heterocycles. The molecular weight excluding hydrogens is 340 g/mol. The number of carbonyl (C=O) groups excluding carboxylic acids is 1. The highest BCUT2D eigenvalue weighted by molar-refractivity contribution is 6.30. The minimum absolute atomic E-state index is 0.0469. The van der Waals surface area contributed by atoms with Gasteiger partial charge >= 0.3 is 0 Å². The fourth-order valence-electron chi connectivity index (χ4n) is 3.90. The van der Waals surface area contributed by atoms with Crippen LogP contribution in [0.15, 0.2) is 24.3 Å². The number of amides is 1. The second kappa shape index (κ2) is 8.04. The summed E-state index contributed by atoms with van der Waals surface area (Å²) in [5.74, 6) is -0.124. The van der Waals surface area contributed by atoms with Gasteiger partial charge < -0.3 is 14.8 Å². The third-order valence-corrected chi connectivity index (χ3v) is 5.95. The topological polar surface area (TPSA) is 50.8 Å². The molecule has 2 fully saturated rings. The Bertz CT molecular complexity index is 585. The second-order valence-electron chi connectivity index (χ2n) is 7.00. The number of halogens is 1. The molecule has 2 unspecified atom stereocenters. The van der Waals surface area contributed by atoms with Crippen molar-refractivity contribution in [2.75, 3.05) is 33.9 Å². The molecule has 1 N–H and O–H groups in total. The molecule has 1 aliphatic carbocycles. The Hall–Kier alpha value is -1.14. The first-order chi connectivity index (χ1) is 12.1. The normalized spacial score (nSPS) is 26.0. The number of hydrogen-bond acceptors (Lipinski definition) is 4. The minimum atomic E-state index is -0.489. The minimum Gasteiger partial charge on any atom is -0.353 e. The molecule has 0 radical (unpaired) electrons. The first-order valence-corrected chi connectivity index (χ1v) is 9.33. The van der Waals surface area contributed by atoms with Gasteiger partial charge in [0.25, 0.3) is 5.91 Å². The summed E-state index contributed by atoms with van der Waals surface area (Å²) in [7, 11) is 3.44. The van der Waals surface area contributed by atoms with E-state index in [9.17, 15) is 4.79 Å². The van der Waals surface area contributed by atoms with Gasteiger partial charge in [-0.1, -0.05) is 11.6 Å². The maximum absolute atomic E-state index is 12.4. The number of hydrogen-bond donors (Lipinski definition) is 1. The van der Waals surface area contributed by atoms with Crippen LogP contribution >= 0.6 is 11.6 Å². The molecule has 1 aromatic carbocycles. The molecule has 1 saturated carbocycles. The van der Waals surface area contributed by atoms with Crippen molar-refractivity contribution < 1.29 is 14.3 Å². The first kappa shape index (κ1) is 18.6. The first-order valence-electron chi connectivity index (χ1n) is 8.95. The number of likely N-dealkylation sites (tertiary alicyclic amines) is 1. The van der Waals surface area contributed by atoms with E-state index in [0.29, 0.717) is 29.1 Å². The summed E-state index contributed by atoms with van der Waals surface area (Å²) in [6, 6.07) is 7.38. The molecule has 3 rings (SSSR count). The van der Waals surface area contributed by atoms with E-state index in [4.69, 9.17) is 21.1 Å². The number of rotatable bonds is 6. The summed E-state index contributed by atoms with van der Waals surface area (Å²) >= 11 is 5.88. The van der Waals surface area contributed by atoms with E-state index in [1.54, 1.807) is 38.5 Å². The average molecular weight is 367 g/mol. The average Bonchev–Trinajstić information content (AvgIpc) is 2.59. The highest BCUT2D eigenvalue weighted by atomic mass is 35.5. The zero-order valence-corrected chi connectivity index (χ0v) is 15.7. The Balaban J connectivity index is 1.62. The molecular formula is C19H27ClN2O3. The van der Waals surface area contributed by atoms with Crippen LogP contribution in [0.4, 0.5) is 0 Å². The van der Waals surface area contributed by atoms with E-state index in [1.165, 1.54) is 6.42 Å². The SMILES string of the molecule is COC1(OC)CCC(CNC(=O)c2ccc(Cl)cc2)C(N2CCC2)C1. The molecule has 1 saturated heterocycles. The van der Waals surface area contributed by atoms with Gasteiger partial charge in [0, 0.05) is 50.2 Å². The molecule has 5 nitrogen and oxygen atoms in total. The zero-order valence-electron chi connectivity index (χ0n) is 15.0. The predicted molar refractivity (Wildman–Crippen MR) is 97.9 cm³/mol. The second-order valence-corrected chi connectivity index (χ2v) is 7.43. The van der Waals surface area contributed by atoms with Crippen LogP contribution in [0, 0.1) is 5.92 Å². The Morgan fingerprint density at radius 1 is 1.28 bits per heavy atom. The molecule has 2 atom stereocenters. The quantitative estimate of drug-likeness (QED) is 0.786. The smallest absolute Gasteiger partial charge is 0.251 e. The van der Waals surface area contributed by atoms with Crippen molar-refractivity contribution in [3.05, 3.63) is 34.9 Å². The van der Waals surface area contributed by atoms with Crippen LogP contribution in [0.25, 0.3) is 0 Å². The lowest BCUT2D eigenvalue weighted by Gasteiger charge is -2.50. The van der Waals surface area contributed by atoms with Crippen LogP contribution in [0.5, 0.6) is 0 Å². The van der Waals surface area contributed by atoms with Crippen molar-refractivity contribution in [1.82, 2.24) is 10.2 Å². The molecule has 0 spiro atoms. The Kier molecular flexibility index (Phi) is 6.00. The summed E-state index contributed by atoms with van der Waals surface area (Å²) < 4.78 is 11.4. The molecule has 1 aromatic rings. The third kappa shape index (κ3) is 4.17. The fourth-order valence-corrected chi connectivity index (χ4v) is 4.03. The van der Waals surface area contributed by atoms with Crippen molar-refractivity contribution in [3.8, 4) is 0 Å². The van der Waals surface area contributed by atoms with Crippen molar-refractivity contribution in [2.24, 2.45) is 5.92 Å². The maximum Gasteiger partial charge on any atom is 0.251 e. The van der Waals surface area contributed by atoms with Gasteiger partial charge in [-0.25, -0.2) is 0 Å². The van der Waals surface area contributed by atoms with Crippen molar-refractivity contribution in [3.63, 3.8) is 0 Å². The highest BCUT2D eigenvalue weighted by Gasteiger charge is 2.44. The molecule has 6 heteroatoms. The number of nitrogens with zero attached hydrogens (tertiary/aromatic N) is 1. The molecule has 25 heavy (non-hydrogen) atoms.